The van der Waals surface area contributed by atoms with E-state index in [1.54, 1.807) is 37.4 Å². The van der Waals surface area contributed by atoms with Crippen LogP contribution in [-0.2, 0) is 0 Å². The van der Waals surface area contributed by atoms with Crippen molar-refractivity contribution in [3.63, 3.8) is 0 Å². The first-order chi connectivity index (χ1) is 13.7. The number of rotatable bonds is 5. The van der Waals surface area contributed by atoms with Gasteiger partial charge in [-0.1, -0.05) is 29.4 Å². The molecule has 0 saturated carbocycles. The number of para-hydroxylation sites is 2. The number of hydrogen-bond acceptors (Lipinski definition) is 6. The number of hydrogen-bond donors (Lipinski definition) is 1. The largest absolute Gasteiger partial charge is 0.496 e. The summed E-state index contributed by atoms with van der Waals surface area (Å²) in [6.45, 7) is 1.89. The zero-order valence-electron chi connectivity index (χ0n) is 15.3. The molecule has 140 valence electrons. The van der Waals surface area contributed by atoms with E-state index in [1.807, 2.05) is 31.2 Å². The van der Waals surface area contributed by atoms with Crippen molar-refractivity contribution in [2.45, 2.75) is 6.92 Å². The summed E-state index contributed by atoms with van der Waals surface area (Å²) in [5, 5.41) is 6.84. The van der Waals surface area contributed by atoms with Crippen LogP contribution in [0, 0.1) is 6.92 Å². The Morgan fingerprint density at radius 2 is 1.93 bits per heavy atom. The summed E-state index contributed by atoms with van der Waals surface area (Å²) in [5.41, 5.74) is 2.47. The van der Waals surface area contributed by atoms with E-state index < -0.39 is 0 Å². The number of amides is 1. The van der Waals surface area contributed by atoms with E-state index >= 15 is 0 Å². The molecule has 7 nitrogen and oxygen atoms in total. The number of carbonyl (C=O) groups excluding carboxylic acids is 1. The van der Waals surface area contributed by atoms with Crippen LogP contribution in [0.15, 0.2) is 69.8 Å². The van der Waals surface area contributed by atoms with Crippen LogP contribution in [0.25, 0.3) is 23.0 Å². The van der Waals surface area contributed by atoms with Gasteiger partial charge in [0.15, 0.2) is 5.76 Å². The van der Waals surface area contributed by atoms with Crippen LogP contribution >= 0.6 is 0 Å². The summed E-state index contributed by atoms with van der Waals surface area (Å²) in [7, 11) is 1.54. The third kappa shape index (κ3) is 3.25. The van der Waals surface area contributed by atoms with Crippen molar-refractivity contribution in [2.24, 2.45) is 0 Å². The van der Waals surface area contributed by atoms with Crippen molar-refractivity contribution in [2.75, 3.05) is 12.4 Å². The quantitative estimate of drug-likeness (QED) is 0.550. The van der Waals surface area contributed by atoms with Crippen LogP contribution in [0.4, 0.5) is 5.69 Å². The summed E-state index contributed by atoms with van der Waals surface area (Å²) in [4.78, 5) is 17.2. The molecular formula is C21H17N3O4. The smallest absolute Gasteiger partial charge is 0.260 e. The van der Waals surface area contributed by atoms with Gasteiger partial charge >= 0.3 is 0 Å². The van der Waals surface area contributed by atoms with Crippen LogP contribution < -0.4 is 10.1 Å². The Hall–Kier alpha value is -3.87. The zero-order valence-corrected chi connectivity index (χ0v) is 15.3. The van der Waals surface area contributed by atoms with Gasteiger partial charge in [0, 0.05) is 0 Å². The van der Waals surface area contributed by atoms with Gasteiger partial charge < -0.3 is 19.0 Å². The maximum Gasteiger partial charge on any atom is 0.260 e. The molecule has 4 aromatic rings. The van der Waals surface area contributed by atoms with Gasteiger partial charge in [0.2, 0.25) is 5.82 Å². The fourth-order valence-electron chi connectivity index (χ4n) is 2.91. The van der Waals surface area contributed by atoms with E-state index in [-0.39, 0.29) is 11.8 Å². The number of benzene rings is 2. The van der Waals surface area contributed by atoms with Gasteiger partial charge in [0.05, 0.1) is 30.2 Å². The highest BCUT2D eigenvalue weighted by atomic mass is 16.5. The molecule has 1 N–H and O–H groups in total. The SMILES string of the molecule is COc1c(C)cccc1C(=O)Nc1ccccc1-c1nc(-c2ccco2)no1. The molecule has 0 aliphatic heterocycles. The Morgan fingerprint density at radius 1 is 1.07 bits per heavy atom. The monoisotopic (exact) mass is 375 g/mol. The van der Waals surface area contributed by atoms with E-state index in [1.165, 1.54) is 6.26 Å². The molecule has 4 rings (SSSR count). The van der Waals surface area contributed by atoms with E-state index in [0.29, 0.717) is 34.1 Å². The Kier molecular flexibility index (Phi) is 4.63. The molecule has 0 spiro atoms. The predicted molar refractivity (Wildman–Crippen MR) is 103 cm³/mol. The van der Waals surface area contributed by atoms with E-state index in [0.717, 1.165) is 5.56 Å². The van der Waals surface area contributed by atoms with Crippen molar-refractivity contribution >= 4 is 11.6 Å². The Bertz CT molecular complexity index is 1120. The molecule has 2 heterocycles. The average molecular weight is 375 g/mol. The second-order valence-corrected chi connectivity index (χ2v) is 6.06. The van der Waals surface area contributed by atoms with Crippen LogP contribution in [0.2, 0.25) is 0 Å². The minimum Gasteiger partial charge on any atom is -0.496 e. The Morgan fingerprint density at radius 3 is 2.71 bits per heavy atom. The number of furan rings is 1. The van der Waals surface area contributed by atoms with Crippen LogP contribution in [-0.4, -0.2) is 23.2 Å². The molecule has 0 fully saturated rings. The van der Waals surface area contributed by atoms with Crippen molar-refractivity contribution in [3.05, 3.63) is 72.0 Å². The second-order valence-electron chi connectivity index (χ2n) is 6.06. The normalized spacial score (nSPS) is 10.6. The van der Waals surface area contributed by atoms with Crippen LogP contribution in [0.3, 0.4) is 0 Å². The standard InChI is InChI=1S/C21H17N3O4/c1-13-7-5-9-15(18(13)26-2)20(25)22-16-10-4-3-8-14(16)21-23-19(24-28-21)17-11-6-12-27-17/h3-12H,1-2H3,(H,22,25). The molecule has 28 heavy (non-hydrogen) atoms. The van der Waals surface area contributed by atoms with Crippen molar-refractivity contribution in [3.8, 4) is 28.8 Å². The topological polar surface area (TPSA) is 90.4 Å². The molecule has 2 aromatic heterocycles. The molecule has 0 bridgehead atoms. The molecular weight excluding hydrogens is 358 g/mol. The summed E-state index contributed by atoms with van der Waals surface area (Å²) in [6, 6.07) is 16.1. The Balaban J connectivity index is 1.66. The number of nitrogens with one attached hydrogen (secondary N) is 1. The average Bonchev–Trinajstić information content (AvgIpc) is 3.40. The number of anilines is 1. The third-order valence-corrected chi connectivity index (χ3v) is 4.23. The lowest BCUT2D eigenvalue weighted by atomic mass is 10.1. The highest BCUT2D eigenvalue weighted by Gasteiger charge is 2.19. The van der Waals surface area contributed by atoms with Gasteiger partial charge in [-0.15, -0.1) is 0 Å². The maximum atomic E-state index is 12.8. The summed E-state index contributed by atoms with van der Waals surface area (Å²) < 4.78 is 16.0. The minimum absolute atomic E-state index is 0.276. The molecule has 0 saturated heterocycles. The first kappa shape index (κ1) is 17.5. The van der Waals surface area contributed by atoms with Gasteiger partial charge in [-0.3, -0.25) is 4.79 Å². The summed E-state index contributed by atoms with van der Waals surface area (Å²) >= 11 is 0. The van der Waals surface area contributed by atoms with Crippen molar-refractivity contribution in [1.82, 2.24) is 10.1 Å². The Labute approximate surface area is 161 Å². The number of aryl methyl sites for hydroxylation is 1. The first-order valence-electron chi connectivity index (χ1n) is 8.59. The molecule has 0 aliphatic carbocycles. The summed E-state index contributed by atoms with van der Waals surface area (Å²) in [5.74, 6) is 1.36. The van der Waals surface area contributed by atoms with Crippen LogP contribution in [0.5, 0.6) is 5.75 Å². The van der Waals surface area contributed by atoms with E-state index in [9.17, 15) is 4.79 Å². The molecule has 2 aromatic carbocycles. The summed E-state index contributed by atoms with van der Waals surface area (Å²) in [6.07, 6.45) is 1.54. The number of carbonyl (C=O) groups is 1. The van der Waals surface area contributed by atoms with Gasteiger partial charge in [-0.05, 0) is 42.8 Å². The highest BCUT2D eigenvalue weighted by molar-refractivity contribution is 6.08. The molecule has 0 aliphatic rings. The lowest BCUT2D eigenvalue weighted by Crippen LogP contribution is -2.14. The first-order valence-corrected chi connectivity index (χ1v) is 8.59. The fourth-order valence-corrected chi connectivity index (χ4v) is 2.91. The molecule has 1 amide bonds. The predicted octanol–water partition coefficient (Wildman–Crippen LogP) is 4.57. The molecule has 0 radical (unpaired) electrons. The van der Waals surface area contributed by atoms with Gasteiger partial charge in [0.1, 0.15) is 5.75 Å². The zero-order chi connectivity index (χ0) is 19.5. The minimum atomic E-state index is -0.293. The third-order valence-electron chi connectivity index (χ3n) is 4.23. The van der Waals surface area contributed by atoms with Crippen molar-refractivity contribution in [1.29, 1.82) is 0 Å². The van der Waals surface area contributed by atoms with Crippen molar-refractivity contribution < 1.29 is 18.5 Å². The van der Waals surface area contributed by atoms with E-state index in [4.69, 9.17) is 13.7 Å². The lowest BCUT2D eigenvalue weighted by molar-refractivity contribution is 0.102. The van der Waals surface area contributed by atoms with Gasteiger partial charge in [-0.25, -0.2) is 0 Å². The van der Waals surface area contributed by atoms with Crippen LogP contribution in [0.1, 0.15) is 15.9 Å². The van der Waals surface area contributed by atoms with E-state index in [2.05, 4.69) is 15.5 Å². The van der Waals surface area contributed by atoms with Gasteiger partial charge in [-0.2, -0.15) is 4.98 Å². The molecule has 0 atom stereocenters. The highest BCUT2D eigenvalue weighted by Crippen LogP contribution is 2.30. The van der Waals surface area contributed by atoms with Gasteiger partial charge in [0.25, 0.3) is 11.8 Å². The number of nitrogens with zero attached hydrogens (tertiary/aromatic N) is 2. The molecule has 0 unspecified atom stereocenters. The number of ether oxygens (including phenoxy) is 1. The lowest BCUT2D eigenvalue weighted by Gasteiger charge is -2.12. The number of aromatic nitrogens is 2. The molecule has 7 heteroatoms. The second kappa shape index (κ2) is 7.40. The fraction of sp³-hybridized carbons (Fsp3) is 0.0952. The maximum absolute atomic E-state index is 12.8. The number of methoxy groups -OCH3 is 1.